The van der Waals surface area contributed by atoms with Crippen molar-refractivity contribution in [2.45, 2.75) is 20.4 Å². The molecule has 1 heterocycles. The molecule has 0 bridgehead atoms. The predicted octanol–water partition coefficient (Wildman–Crippen LogP) is 2.64. The van der Waals surface area contributed by atoms with Gasteiger partial charge in [-0.2, -0.15) is 5.10 Å². The lowest BCUT2D eigenvalue weighted by molar-refractivity contribution is 0.480. The highest BCUT2D eigenvalue weighted by Gasteiger charge is 2.09. The summed E-state index contributed by atoms with van der Waals surface area (Å²) in [6.45, 7) is 4.81. The van der Waals surface area contributed by atoms with Crippen molar-refractivity contribution >= 4 is 17.2 Å². The fourth-order valence-corrected chi connectivity index (χ4v) is 1.78. The first kappa shape index (κ1) is 12.6. The van der Waals surface area contributed by atoms with Gasteiger partial charge >= 0.3 is 0 Å². The zero-order chi connectivity index (χ0) is 13.1. The van der Waals surface area contributed by atoms with Crippen molar-refractivity contribution in [2.75, 3.05) is 0 Å². The van der Waals surface area contributed by atoms with E-state index in [0.717, 1.165) is 17.7 Å². The first-order chi connectivity index (χ1) is 8.60. The van der Waals surface area contributed by atoms with Crippen LogP contribution in [0.4, 0.5) is 0 Å². The lowest BCUT2D eigenvalue weighted by atomic mass is 10.1. The Labute approximate surface area is 111 Å². The second kappa shape index (κ2) is 5.18. The minimum Gasteiger partial charge on any atom is -0.453 e. The molecule has 94 valence electrons. The van der Waals surface area contributed by atoms with Crippen LogP contribution in [-0.4, -0.2) is 14.8 Å². The number of rotatable bonds is 4. The van der Waals surface area contributed by atoms with E-state index in [-0.39, 0.29) is 0 Å². The highest BCUT2D eigenvalue weighted by atomic mass is 32.1. The van der Waals surface area contributed by atoms with Crippen molar-refractivity contribution < 1.29 is 4.74 Å². The Morgan fingerprint density at radius 2 is 2.28 bits per heavy atom. The molecule has 0 unspecified atom stereocenters. The molecule has 0 atom stereocenters. The Kier molecular flexibility index (Phi) is 3.62. The Hall–Kier alpha value is -1.88. The molecule has 0 radical (unpaired) electrons. The first-order valence-electron chi connectivity index (χ1n) is 5.71. The number of benzene rings is 1. The highest BCUT2D eigenvalue weighted by Crippen LogP contribution is 2.26. The summed E-state index contributed by atoms with van der Waals surface area (Å²) in [7, 11) is 0. The maximum absolute atomic E-state index is 5.78. The van der Waals surface area contributed by atoms with Crippen molar-refractivity contribution in [3.05, 3.63) is 41.7 Å². The third-order valence-electron chi connectivity index (χ3n) is 2.56. The van der Waals surface area contributed by atoms with E-state index >= 15 is 0 Å². The van der Waals surface area contributed by atoms with Crippen LogP contribution in [0.1, 0.15) is 18.1 Å². The SMILES string of the molecule is CCn1cc(Oc2cc(C)ccc2C(N)=S)cn1. The van der Waals surface area contributed by atoms with E-state index in [2.05, 4.69) is 5.10 Å². The van der Waals surface area contributed by atoms with Gasteiger partial charge in [-0.15, -0.1) is 0 Å². The second-order valence-corrected chi connectivity index (χ2v) is 4.44. The molecule has 0 aliphatic heterocycles. The second-order valence-electron chi connectivity index (χ2n) is 4.00. The van der Waals surface area contributed by atoms with Crippen LogP contribution in [0.5, 0.6) is 11.5 Å². The van der Waals surface area contributed by atoms with Gasteiger partial charge in [-0.3, -0.25) is 4.68 Å². The fraction of sp³-hybridized carbons (Fsp3) is 0.231. The van der Waals surface area contributed by atoms with E-state index in [0.29, 0.717) is 16.5 Å². The molecule has 0 spiro atoms. The molecule has 0 amide bonds. The maximum atomic E-state index is 5.78. The van der Waals surface area contributed by atoms with Gasteiger partial charge in [-0.05, 0) is 31.5 Å². The highest BCUT2D eigenvalue weighted by molar-refractivity contribution is 7.80. The summed E-state index contributed by atoms with van der Waals surface area (Å²) in [6.07, 6.45) is 3.51. The molecule has 2 rings (SSSR count). The van der Waals surface area contributed by atoms with Crippen molar-refractivity contribution in [3.8, 4) is 11.5 Å². The Bertz CT molecular complexity index is 577. The molecule has 1 aromatic heterocycles. The van der Waals surface area contributed by atoms with Crippen LogP contribution in [-0.2, 0) is 6.54 Å². The van der Waals surface area contributed by atoms with Crippen LogP contribution in [0.25, 0.3) is 0 Å². The smallest absolute Gasteiger partial charge is 0.165 e. The number of hydrogen-bond donors (Lipinski definition) is 1. The molecule has 0 saturated carbocycles. The molecule has 5 heteroatoms. The van der Waals surface area contributed by atoms with Gasteiger partial charge in [-0.1, -0.05) is 18.3 Å². The summed E-state index contributed by atoms with van der Waals surface area (Å²) in [5.41, 5.74) is 7.51. The number of thiocarbonyl (C=S) groups is 1. The van der Waals surface area contributed by atoms with Crippen LogP contribution in [0.15, 0.2) is 30.6 Å². The molecule has 4 nitrogen and oxygen atoms in total. The van der Waals surface area contributed by atoms with Crippen LogP contribution in [0.3, 0.4) is 0 Å². The summed E-state index contributed by atoms with van der Waals surface area (Å²) in [5.74, 6) is 1.35. The monoisotopic (exact) mass is 261 g/mol. The average molecular weight is 261 g/mol. The first-order valence-corrected chi connectivity index (χ1v) is 6.11. The average Bonchev–Trinajstić information content (AvgIpc) is 2.76. The number of aromatic nitrogens is 2. The van der Waals surface area contributed by atoms with Gasteiger partial charge in [0.2, 0.25) is 0 Å². The van der Waals surface area contributed by atoms with E-state index in [4.69, 9.17) is 22.7 Å². The van der Waals surface area contributed by atoms with E-state index in [1.54, 1.807) is 10.9 Å². The number of hydrogen-bond acceptors (Lipinski definition) is 3. The molecule has 0 aliphatic rings. The molecule has 18 heavy (non-hydrogen) atoms. The van der Waals surface area contributed by atoms with Gasteiger partial charge in [-0.25, -0.2) is 0 Å². The Balaban J connectivity index is 2.32. The third kappa shape index (κ3) is 2.68. The summed E-state index contributed by atoms with van der Waals surface area (Å²) in [5, 5.41) is 4.16. The quantitative estimate of drug-likeness (QED) is 0.860. The molecule has 2 aromatic rings. The number of nitrogens with zero attached hydrogens (tertiary/aromatic N) is 2. The topological polar surface area (TPSA) is 53.1 Å². The zero-order valence-corrected chi connectivity index (χ0v) is 11.2. The van der Waals surface area contributed by atoms with Crippen LogP contribution < -0.4 is 10.5 Å². The standard InChI is InChI=1S/C13H15N3OS/c1-3-16-8-10(7-15-16)17-12-6-9(2)4-5-11(12)13(14)18/h4-8H,3H2,1-2H3,(H2,14,18). The molecular formula is C13H15N3OS. The fourth-order valence-electron chi connectivity index (χ4n) is 1.61. The summed E-state index contributed by atoms with van der Waals surface area (Å²) in [6, 6.07) is 5.74. The number of nitrogens with two attached hydrogens (primary N) is 1. The van der Waals surface area contributed by atoms with Gasteiger partial charge in [0.25, 0.3) is 0 Å². The van der Waals surface area contributed by atoms with Crippen LogP contribution in [0.2, 0.25) is 0 Å². The number of aryl methyl sites for hydroxylation is 2. The molecular weight excluding hydrogens is 246 g/mol. The normalized spacial score (nSPS) is 10.3. The number of ether oxygens (including phenoxy) is 1. The van der Waals surface area contributed by atoms with E-state index in [9.17, 15) is 0 Å². The van der Waals surface area contributed by atoms with Crippen molar-refractivity contribution in [3.63, 3.8) is 0 Å². The van der Waals surface area contributed by atoms with Crippen molar-refractivity contribution in [1.82, 2.24) is 9.78 Å². The van der Waals surface area contributed by atoms with E-state index in [1.807, 2.05) is 38.2 Å². The molecule has 0 saturated heterocycles. The van der Waals surface area contributed by atoms with Gasteiger partial charge in [0.15, 0.2) is 5.75 Å². The minimum absolute atomic E-state index is 0.327. The Morgan fingerprint density at radius 1 is 1.50 bits per heavy atom. The van der Waals surface area contributed by atoms with Crippen molar-refractivity contribution in [2.24, 2.45) is 5.73 Å². The third-order valence-corrected chi connectivity index (χ3v) is 2.78. The van der Waals surface area contributed by atoms with E-state index in [1.165, 1.54) is 0 Å². The molecule has 1 aromatic carbocycles. The van der Waals surface area contributed by atoms with Gasteiger partial charge in [0.05, 0.1) is 18.0 Å². The van der Waals surface area contributed by atoms with Gasteiger partial charge in [0.1, 0.15) is 10.7 Å². The summed E-state index contributed by atoms with van der Waals surface area (Å²) < 4.78 is 7.58. The largest absolute Gasteiger partial charge is 0.453 e. The zero-order valence-electron chi connectivity index (χ0n) is 10.4. The van der Waals surface area contributed by atoms with E-state index < -0.39 is 0 Å². The molecule has 2 N–H and O–H groups in total. The summed E-state index contributed by atoms with van der Waals surface area (Å²) in [4.78, 5) is 0.327. The van der Waals surface area contributed by atoms with Crippen molar-refractivity contribution in [1.29, 1.82) is 0 Å². The lowest BCUT2D eigenvalue weighted by Gasteiger charge is -2.09. The predicted molar refractivity (Wildman–Crippen MR) is 75.0 cm³/mol. The van der Waals surface area contributed by atoms with Gasteiger partial charge < -0.3 is 10.5 Å². The van der Waals surface area contributed by atoms with Gasteiger partial charge in [0, 0.05) is 6.54 Å². The molecule has 0 aliphatic carbocycles. The minimum atomic E-state index is 0.327. The van der Waals surface area contributed by atoms with Crippen LogP contribution in [0, 0.1) is 6.92 Å². The Morgan fingerprint density at radius 3 is 2.89 bits per heavy atom. The lowest BCUT2D eigenvalue weighted by Crippen LogP contribution is -2.10. The maximum Gasteiger partial charge on any atom is 0.165 e. The summed E-state index contributed by atoms with van der Waals surface area (Å²) >= 11 is 5.01. The molecule has 0 fully saturated rings. The van der Waals surface area contributed by atoms with Crippen LogP contribution >= 0.6 is 12.2 Å².